The van der Waals surface area contributed by atoms with Crippen LogP contribution >= 0.6 is 0 Å². The van der Waals surface area contributed by atoms with Gasteiger partial charge in [-0.15, -0.1) is 0 Å². The van der Waals surface area contributed by atoms with Gasteiger partial charge in [-0.2, -0.15) is 0 Å². The lowest BCUT2D eigenvalue weighted by molar-refractivity contribution is 0.234. The smallest absolute Gasteiger partial charge is 0.262 e. The van der Waals surface area contributed by atoms with Crippen LogP contribution in [0.5, 0.6) is 0 Å². The molecule has 2 aliphatic rings. The first-order chi connectivity index (χ1) is 12.2. The highest BCUT2D eigenvalue weighted by Gasteiger charge is 2.21. The molecule has 1 aromatic heterocycles. The van der Waals surface area contributed by atoms with Gasteiger partial charge in [-0.25, -0.2) is 4.98 Å². The molecule has 0 spiro atoms. The summed E-state index contributed by atoms with van der Waals surface area (Å²) in [6, 6.07) is 6.30. The van der Waals surface area contributed by atoms with Crippen molar-refractivity contribution in [1.82, 2.24) is 25.1 Å². The molecule has 0 aliphatic carbocycles. The highest BCUT2D eigenvalue weighted by atomic mass is 16.1. The zero-order valence-corrected chi connectivity index (χ0v) is 14.9. The minimum absolute atomic E-state index is 0.127. The molecule has 1 aromatic carbocycles. The van der Waals surface area contributed by atoms with Gasteiger partial charge in [0.05, 0.1) is 16.9 Å². The van der Waals surface area contributed by atoms with Crippen molar-refractivity contribution in [3.63, 3.8) is 0 Å². The summed E-state index contributed by atoms with van der Waals surface area (Å²) in [4.78, 5) is 20.6. The number of aromatic nitrogens is 2. The van der Waals surface area contributed by atoms with Crippen molar-refractivity contribution in [3.05, 3.63) is 39.9 Å². The predicted molar refractivity (Wildman–Crippen MR) is 100 cm³/mol. The molecule has 2 fully saturated rings. The zero-order chi connectivity index (χ0) is 17.2. The molecular weight excluding hydrogens is 314 g/mol. The van der Waals surface area contributed by atoms with Crippen LogP contribution in [0.2, 0.25) is 0 Å². The Morgan fingerprint density at radius 3 is 2.80 bits per heavy atom. The lowest BCUT2D eigenvalue weighted by Gasteiger charge is -2.28. The number of piperidine rings is 1. The van der Waals surface area contributed by atoms with Gasteiger partial charge >= 0.3 is 0 Å². The average molecular weight is 341 g/mol. The van der Waals surface area contributed by atoms with Gasteiger partial charge in [-0.3, -0.25) is 14.3 Å². The number of aryl methyl sites for hydroxylation is 1. The molecule has 1 atom stereocenters. The summed E-state index contributed by atoms with van der Waals surface area (Å²) in [5, 5.41) is 7.60. The van der Waals surface area contributed by atoms with Crippen LogP contribution in [-0.2, 0) is 6.54 Å². The molecule has 4 rings (SSSR count). The zero-order valence-electron chi connectivity index (χ0n) is 14.9. The number of rotatable bonds is 3. The van der Waals surface area contributed by atoms with Gasteiger partial charge in [0.2, 0.25) is 0 Å². The topological polar surface area (TPSA) is 62.2 Å². The van der Waals surface area contributed by atoms with E-state index in [-0.39, 0.29) is 11.6 Å². The fourth-order valence-electron chi connectivity index (χ4n) is 4.15. The summed E-state index contributed by atoms with van der Waals surface area (Å²) in [5.74, 6) is 0.825. The van der Waals surface area contributed by atoms with E-state index in [1.54, 1.807) is 0 Å². The first-order valence-corrected chi connectivity index (χ1v) is 9.38. The summed E-state index contributed by atoms with van der Waals surface area (Å²) in [6.07, 6.45) is 2.15. The maximum atomic E-state index is 13.4. The van der Waals surface area contributed by atoms with Crippen molar-refractivity contribution >= 4 is 10.9 Å². The molecule has 1 unspecified atom stereocenters. The van der Waals surface area contributed by atoms with Gasteiger partial charge in [0.15, 0.2) is 0 Å². The van der Waals surface area contributed by atoms with Crippen LogP contribution in [0.3, 0.4) is 0 Å². The molecular formula is C19H27N5O. The van der Waals surface area contributed by atoms with E-state index < -0.39 is 0 Å². The van der Waals surface area contributed by atoms with Gasteiger partial charge in [0.1, 0.15) is 5.82 Å². The van der Waals surface area contributed by atoms with E-state index in [2.05, 4.69) is 21.6 Å². The van der Waals surface area contributed by atoms with Gasteiger partial charge in [-0.1, -0.05) is 12.1 Å². The number of hydrogen-bond donors (Lipinski definition) is 2. The van der Waals surface area contributed by atoms with Crippen LogP contribution in [-0.4, -0.2) is 53.7 Å². The summed E-state index contributed by atoms with van der Waals surface area (Å²) >= 11 is 0. The molecule has 6 nitrogen and oxygen atoms in total. The predicted octanol–water partition coefficient (Wildman–Crippen LogP) is 1.03. The summed E-state index contributed by atoms with van der Waals surface area (Å²) in [6.45, 7) is 8.75. The van der Waals surface area contributed by atoms with Crippen LogP contribution in [0.25, 0.3) is 10.9 Å². The Kier molecular flexibility index (Phi) is 4.83. The number of piperazine rings is 1. The van der Waals surface area contributed by atoms with Crippen LogP contribution in [0.1, 0.15) is 30.3 Å². The molecule has 2 aliphatic heterocycles. The van der Waals surface area contributed by atoms with Gasteiger partial charge in [-0.05, 0) is 37.9 Å². The Bertz CT molecular complexity index is 803. The standard InChI is InChI=1S/C19H27N5O/c1-14-22-17-6-2-4-15(13-23-10-8-20-9-11-23)18(17)19(25)24(14)16-5-3-7-21-12-16/h2,4,6,16,20-21H,3,5,7-13H2,1H3. The Balaban J connectivity index is 1.77. The minimum Gasteiger partial charge on any atom is -0.315 e. The quantitative estimate of drug-likeness (QED) is 0.873. The van der Waals surface area contributed by atoms with E-state index in [1.807, 2.05) is 23.6 Å². The molecule has 0 amide bonds. The molecule has 25 heavy (non-hydrogen) atoms. The molecule has 0 radical (unpaired) electrons. The first-order valence-electron chi connectivity index (χ1n) is 9.38. The molecule has 2 saturated heterocycles. The second-order valence-corrected chi connectivity index (χ2v) is 7.17. The van der Waals surface area contributed by atoms with E-state index in [0.29, 0.717) is 0 Å². The van der Waals surface area contributed by atoms with Crippen LogP contribution in [0.15, 0.2) is 23.0 Å². The largest absolute Gasteiger partial charge is 0.315 e. The Morgan fingerprint density at radius 2 is 2.04 bits per heavy atom. The number of nitrogens with zero attached hydrogens (tertiary/aromatic N) is 3. The SMILES string of the molecule is Cc1nc2cccc(CN3CCNCC3)c2c(=O)n1C1CCCNC1. The van der Waals surface area contributed by atoms with Crippen LogP contribution in [0.4, 0.5) is 0 Å². The Labute approximate surface area is 148 Å². The highest BCUT2D eigenvalue weighted by Crippen LogP contribution is 2.21. The summed E-state index contributed by atoms with van der Waals surface area (Å²) in [7, 11) is 0. The maximum absolute atomic E-state index is 13.4. The normalized spacial score (nSPS) is 22.4. The minimum atomic E-state index is 0.127. The van der Waals surface area contributed by atoms with Crippen LogP contribution < -0.4 is 16.2 Å². The monoisotopic (exact) mass is 341 g/mol. The fraction of sp³-hybridized carbons (Fsp3) is 0.579. The van der Waals surface area contributed by atoms with Crippen molar-refractivity contribution in [1.29, 1.82) is 0 Å². The lowest BCUT2D eigenvalue weighted by atomic mass is 10.1. The van der Waals surface area contributed by atoms with Crippen molar-refractivity contribution in [2.75, 3.05) is 39.3 Å². The molecule has 2 N–H and O–H groups in total. The average Bonchev–Trinajstić information content (AvgIpc) is 2.63. The van der Waals surface area contributed by atoms with Crippen molar-refractivity contribution in [3.8, 4) is 0 Å². The number of fused-ring (bicyclic) bond motifs is 1. The molecule has 0 bridgehead atoms. The fourth-order valence-corrected chi connectivity index (χ4v) is 4.15. The van der Waals surface area contributed by atoms with Crippen molar-refractivity contribution in [2.45, 2.75) is 32.4 Å². The maximum Gasteiger partial charge on any atom is 0.262 e. The second kappa shape index (κ2) is 7.23. The van der Waals surface area contributed by atoms with E-state index in [4.69, 9.17) is 4.98 Å². The molecule has 2 aromatic rings. The first kappa shape index (κ1) is 16.7. The number of nitrogens with one attached hydrogen (secondary N) is 2. The van der Waals surface area contributed by atoms with E-state index >= 15 is 0 Å². The third-order valence-corrected chi connectivity index (χ3v) is 5.43. The molecule has 6 heteroatoms. The third-order valence-electron chi connectivity index (χ3n) is 5.43. The molecule has 0 saturated carbocycles. The van der Waals surface area contributed by atoms with Crippen LogP contribution in [0, 0.1) is 6.92 Å². The second-order valence-electron chi connectivity index (χ2n) is 7.17. The Hall–Kier alpha value is -1.76. The van der Waals surface area contributed by atoms with Gasteiger partial charge in [0.25, 0.3) is 5.56 Å². The number of benzene rings is 1. The summed E-state index contributed by atoms with van der Waals surface area (Å²) in [5.41, 5.74) is 2.06. The Morgan fingerprint density at radius 1 is 1.20 bits per heavy atom. The van der Waals surface area contributed by atoms with Crippen molar-refractivity contribution < 1.29 is 0 Å². The van der Waals surface area contributed by atoms with E-state index in [0.717, 1.165) is 80.9 Å². The van der Waals surface area contributed by atoms with E-state index in [1.165, 1.54) is 0 Å². The van der Waals surface area contributed by atoms with Gasteiger partial charge < -0.3 is 10.6 Å². The summed E-state index contributed by atoms with van der Waals surface area (Å²) < 4.78 is 1.93. The molecule has 3 heterocycles. The lowest BCUT2D eigenvalue weighted by Crippen LogP contribution is -2.43. The van der Waals surface area contributed by atoms with Gasteiger partial charge in [0, 0.05) is 39.3 Å². The van der Waals surface area contributed by atoms with E-state index in [9.17, 15) is 4.79 Å². The third kappa shape index (κ3) is 3.34. The van der Waals surface area contributed by atoms with Crippen molar-refractivity contribution in [2.24, 2.45) is 0 Å². The number of hydrogen-bond acceptors (Lipinski definition) is 5. The highest BCUT2D eigenvalue weighted by molar-refractivity contribution is 5.81. The molecule has 134 valence electrons.